The molecule has 2 N–H and O–H groups in total. The Kier molecular flexibility index (Phi) is 5.27. The van der Waals surface area contributed by atoms with Crippen LogP contribution in [0.5, 0.6) is 0 Å². The number of carbonyl (C=O) groups excluding carboxylic acids is 1. The molecule has 1 saturated carbocycles. The maximum absolute atomic E-state index is 11.9. The SMILES string of the molecule is COCC(O)CNC(=O)C1CC1c1ccc(Cl)c(Cl)c1. The summed E-state index contributed by atoms with van der Waals surface area (Å²) < 4.78 is 4.80. The molecule has 0 saturated heterocycles. The van der Waals surface area contributed by atoms with Gasteiger partial charge < -0.3 is 15.2 Å². The summed E-state index contributed by atoms with van der Waals surface area (Å²) in [5.74, 6) is 0.0857. The van der Waals surface area contributed by atoms with Gasteiger partial charge in [0.1, 0.15) is 0 Å². The molecule has 3 atom stereocenters. The highest BCUT2D eigenvalue weighted by molar-refractivity contribution is 6.42. The van der Waals surface area contributed by atoms with E-state index in [0.717, 1.165) is 12.0 Å². The molecular weight excluding hydrogens is 301 g/mol. The summed E-state index contributed by atoms with van der Waals surface area (Å²) in [6.45, 7) is 0.415. The van der Waals surface area contributed by atoms with Crippen LogP contribution >= 0.6 is 23.2 Å². The predicted octanol–water partition coefficient (Wildman–Crippen LogP) is 2.22. The van der Waals surface area contributed by atoms with Crippen LogP contribution in [0.25, 0.3) is 0 Å². The van der Waals surface area contributed by atoms with Gasteiger partial charge in [-0.1, -0.05) is 29.3 Å². The Morgan fingerprint density at radius 2 is 2.25 bits per heavy atom. The molecule has 0 bridgehead atoms. The molecule has 3 unspecified atom stereocenters. The van der Waals surface area contributed by atoms with Gasteiger partial charge >= 0.3 is 0 Å². The molecule has 4 nitrogen and oxygen atoms in total. The van der Waals surface area contributed by atoms with Crippen LogP contribution in [-0.2, 0) is 9.53 Å². The summed E-state index contributed by atoms with van der Waals surface area (Å²) in [6, 6.07) is 5.45. The summed E-state index contributed by atoms with van der Waals surface area (Å²) in [5, 5.41) is 13.2. The number of aliphatic hydroxyl groups excluding tert-OH is 1. The average Bonchev–Trinajstić information content (AvgIpc) is 3.20. The third kappa shape index (κ3) is 3.85. The number of benzene rings is 1. The number of ether oxygens (including phenoxy) is 1. The molecule has 0 heterocycles. The zero-order chi connectivity index (χ0) is 14.7. The zero-order valence-electron chi connectivity index (χ0n) is 11.1. The van der Waals surface area contributed by atoms with Crippen molar-refractivity contribution < 1.29 is 14.6 Å². The normalized spacial score (nSPS) is 22.4. The van der Waals surface area contributed by atoms with Gasteiger partial charge in [-0.3, -0.25) is 4.79 Å². The van der Waals surface area contributed by atoms with Crippen molar-refractivity contribution in [2.24, 2.45) is 5.92 Å². The highest BCUT2D eigenvalue weighted by Gasteiger charge is 2.43. The average molecular weight is 318 g/mol. The van der Waals surface area contributed by atoms with Crippen LogP contribution in [0.2, 0.25) is 10.0 Å². The third-order valence-corrected chi connectivity index (χ3v) is 4.11. The van der Waals surface area contributed by atoms with Gasteiger partial charge in [0.2, 0.25) is 5.91 Å². The number of amides is 1. The zero-order valence-corrected chi connectivity index (χ0v) is 12.6. The first kappa shape index (κ1) is 15.6. The second kappa shape index (κ2) is 6.76. The van der Waals surface area contributed by atoms with Crippen molar-refractivity contribution in [3.8, 4) is 0 Å². The van der Waals surface area contributed by atoms with Gasteiger partial charge in [-0.2, -0.15) is 0 Å². The van der Waals surface area contributed by atoms with E-state index in [1.54, 1.807) is 6.07 Å². The molecule has 2 rings (SSSR count). The fourth-order valence-corrected chi connectivity index (χ4v) is 2.50. The second-order valence-corrected chi connectivity index (χ2v) is 5.79. The molecule has 6 heteroatoms. The Labute approximate surface area is 128 Å². The van der Waals surface area contributed by atoms with E-state index in [1.807, 2.05) is 12.1 Å². The van der Waals surface area contributed by atoms with Crippen LogP contribution < -0.4 is 5.32 Å². The van der Waals surface area contributed by atoms with Gasteiger partial charge in [-0.05, 0) is 30.0 Å². The lowest BCUT2D eigenvalue weighted by Crippen LogP contribution is -2.35. The Morgan fingerprint density at radius 3 is 2.90 bits per heavy atom. The Hall–Kier alpha value is -0.810. The number of carbonyl (C=O) groups is 1. The van der Waals surface area contributed by atoms with Crippen LogP contribution in [0.1, 0.15) is 17.9 Å². The molecule has 0 spiro atoms. The lowest BCUT2D eigenvalue weighted by atomic mass is 10.1. The molecule has 110 valence electrons. The summed E-state index contributed by atoms with van der Waals surface area (Å²) in [7, 11) is 1.51. The smallest absolute Gasteiger partial charge is 0.223 e. The van der Waals surface area contributed by atoms with Crippen molar-refractivity contribution in [3.63, 3.8) is 0 Å². The fraction of sp³-hybridized carbons (Fsp3) is 0.500. The first-order chi connectivity index (χ1) is 9.52. The van der Waals surface area contributed by atoms with Crippen LogP contribution in [0.4, 0.5) is 0 Å². The van der Waals surface area contributed by atoms with Crippen LogP contribution in [0, 0.1) is 5.92 Å². The van der Waals surface area contributed by atoms with Gasteiger partial charge in [-0.25, -0.2) is 0 Å². The largest absolute Gasteiger partial charge is 0.389 e. The number of nitrogens with one attached hydrogen (secondary N) is 1. The van der Waals surface area contributed by atoms with E-state index in [4.69, 9.17) is 27.9 Å². The van der Waals surface area contributed by atoms with Crippen molar-refractivity contribution in [1.29, 1.82) is 0 Å². The van der Waals surface area contributed by atoms with E-state index in [2.05, 4.69) is 5.32 Å². The molecule has 1 aromatic carbocycles. The van der Waals surface area contributed by atoms with Crippen molar-refractivity contribution in [1.82, 2.24) is 5.32 Å². The van der Waals surface area contributed by atoms with Gasteiger partial charge in [0.25, 0.3) is 0 Å². The minimum absolute atomic E-state index is 0.0452. The molecule has 1 aliphatic carbocycles. The molecule has 1 amide bonds. The Morgan fingerprint density at radius 1 is 1.50 bits per heavy atom. The van der Waals surface area contributed by atoms with Crippen molar-refractivity contribution in [2.75, 3.05) is 20.3 Å². The number of halogens is 2. The topological polar surface area (TPSA) is 58.6 Å². The highest BCUT2D eigenvalue weighted by atomic mass is 35.5. The third-order valence-electron chi connectivity index (χ3n) is 3.37. The molecular formula is C14H17Cl2NO3. The molecule has 1 aromatic rings. The molecule has 20 heavy (non-hydrogen) atoms. The summed E-state index contributed by atoms with van der Waals surface area (Å²) in [6.07, 6.45) is 0.121. The summed E-state index contributed by atoms with van der Waals surface area (Å²) in [5.41, 5.74) is 1.02. The molecule has 0 aliphatic heterocycles. The van der Waals surface area contributed by atoms with Gasteiger partial charge in [0, 0.05) is 19.6 Å². The van der Waals surface area contributed by atoms with Crippen molar-refractivity contribution >= 4 is 29.1 Å². The number of rotatable bonds is 6. The first-order valence-electron chi connectivity index (χ1n) is 6.42. The minimum Gasteiger partial charge on any atom is -0.389 e. The Balaban J connectivity index is 1.84. The van der Waals surface area contributed by atoms with Crippen molar-refractivity contribution in [3.05, 3.63) is 33.8 Å². The number of hydrogen-bond acceptors (Lipinski definition) is 3. The lowest BCUT2D eigenvalue weighted by Gasteiger charge is -2.10. The van der Waals surface area contributed by atoms with E-state index in [-0.39, 0.29) is 30.9 Å². The van der Waals surface area contributed by atoms with E-state index in [9.17, 15) is 9.90 Å². The Bertz CT molecular complexity index is 495. The van der Waals surface area contributed by atoms with E-state index in [1.165, 1.54) is 7.11 Å². The molecule has 1 aliphatic rings. The summed E-state index contributed by atoms with van der Waals surface area (Å²) >= 11 is 11.8. The number of aliphatic hydroxyl groups is 1. The number of methoxy groups -OCH3 is 1. The molecule has 0 aromatic heterocycles. The molecule has 1 fully saturated rings. The van der Waals surface area contributed by atoms with E-state index >= 15 is 0 Å². The lowest BCUT2D eigenvalue weighted by molar-refractivity contribution is -0.123. The minimum atomic E-state index is -0.675. The van der Waals surface area contributed by atoms with Crippen LogP contribution in [0.15, 0.2) is 18.2 Å². The first-order valence-corrected chi connectivity index (χ1v) is 7.18. The quantitative estimate of drug-likeness (QED) is 0.845. The predicted molar refractivity (Wildman–Crippen MR) is 78.2 cm³/mol. The van der Waals surface area contributed by atoms with Crippen molar-refractivity contribution in [2.45, 2.75) is 18.4 Å². The summed E-state index contributed by atoms with van der Waals surface area (Å²) in [4.78, 5) is 11.9. The van der Waals surface area contributed by atoms with Gasteiger partial charge in [0.05, 0.1) is 22.8 Å². The highest BCUT2D eigenvalue weighted by Crippen LogP contribution is 2.48. The van der Waals surface area contributed by atoms with Gasteiger partial charge in [0.15, 0.2) is 0 Å². The van der Waals surface area contributed by atoms with Gasteiger partial charge in [-0.15, -0.1) is 0 Å². The molecule has 0 radical (unpaired) electrons. The maximum Gasteiger partial charge on any atom is 0.223 e. The van der Waals surface area contributed by atoms with Crippen LogP contribution in [0.3, 0.4) is 0 Å². The van der Waals surface area contributed by atoms with E-state index < -0.39 is 6.10 Å². The standard InChI is InChI=1S/C14H17Cl2NO3/c1-20-7-9(18)6-17-14(19)11-5-10(11)8-2-3-12(15)13(16)4-8/h2-4,9-11,18H,5-7H2,1H3,(H,17,19). The number of hydrogen-bond donors (Lipinski definition) is 2. The monoisotopic (exact) mass is 317 g/mol. The maximum atomic E-state index is 11.9. The second-order valence-electron chi connectivity index (χ2n) is 4.98. The fourth-order valence-electron chi connectivity index (χ4n) is 2.20. The van der Waals surface area contributed by atoms with Crippen LogP contribution in [-0.4, -0.2) is 37.4 Å². The van der Waals surface area contributed by atoms with E-state index in [0.29, 0.717) is 10.0 Å².